The van der Waals surface area contributed by atoms with Crippen molar-refractivity contribution in [3.8, 4) is 0 Å². The highest BCUT2D eigenvalue weighted by Gasteiger charge is 2.03. The molecule has 1 unspecified atom stereocenters. The molecule has 0 amide bonds. The van der Waals surface area contributed by atoms with Gasteiger partial charge in [0.15, 0.2) is 0 Å². The van der Waals surface area contributed by atoms with Crippen LogP contribution >= 0.6 is 0 Å². The van der Waals surface area contributed by atoms with Crippen molar-refractivity contribution in [2.75, 3.05) is 6.61 Å². The first kappa shape index (κ1) is 34.5. The molecule has 35 heavy (non-hydrogen) atoms. The van der Waals surface area contributed by atoms with Gasteiger partial charge < -0.3 is 4.74 Å². The van der Waals surface area contributed by atoms with Crippen molar-refractivity contribution in [3.63, 3.8) is 0 Å². The van der Waals surface area contributed by atoms with E-state index in [0.29, 0.717) is 13.0 Å². The topological polar surface area (TPSA) is 26.3 Å². The van der Waals surface area contributed by atoms with E-state index in [4.69, 9.17) is 4.74 Å². The first-order valence-corrected chi connectivity index (χ1v) is 16.4. The van der Waals surface area contributed by atoms with E-state index in [9.17, 15) is 4.79 Å². The number of carbonyl (C=O) groups is 1. The average molecular weight is 495 g/mol. The molecule has 0 aromatic heterocycles. The molecule has 0 rings (SSSR count). The van der Waals surface area contributed by atoms with Gasteiger partial charge in [-0.25, -0.2) is 0 Å². The van der Waals surface area contributed by atoms with E-state index < -0.39 is 0 Å². The molecule has 0 saturated carbocycles. The molecule has 0 saturated heterocycles. The van der Waals surface area contributed by atoms with Crippen molar-refractivity contribution in [1.82, 2.24) is 0 Å². The maximum Gasteiger partial charge on any atom is 0.305 e. The summed E-state index contributed by atoms with van der Waals surface area (Å²) in [6, 6.07) is 0. The summed E-state index contributed by atoms with van der Waals surface area (Å²) in [5, 5.41) is 0. The molecule has 0 aromatic carbocycles. The van der Waals surface area contributed by atoms with Crippen LogP contribution < -0.4 is 0 Å². The van der Waals surface area contributed by atoms with E-state index in [1.54, 1.807) is 0 Å². The first-order chi connectivity index (χ1) is 17.2. The Bertz CT molecular complexity index is 406. The number of esters is 1. The Labute approximate surface area is 222 Å². The zero-order chi connectivity index (χ0) is 25.7. The van der Waals surface area contributed by atoms with Crippen molar-refractivity contribution in [2.24, 2.45) is 5.92 Å². The number of unbranched alkanes of at least 4 members (excludes halogenated alkanes) is 22. The number of hydrogen-bond acceptors (Lipinski definition) is 2. The molecule has 0 spiro atoms. The van der Waals surface area contributed by atoms with Crippen LogP contribution in [0.3, 0.4) is 0 Å². The van der Waals surface area contributed by atoms with Crippen LogP contribution in [0.1, 0.15) is 194 Å². The lowest BCUT2D eigenvalue weighted by Crippen LogP contribution is -2.05. The first-order valence-electron chi connectivity index (χ1n) is 16.4. The molecule has 0 N–H and O–H groups in total. The van der Waals surface area contributed by atoms with Crippen LogP contribution in [0.25, 0.3) is 0 Å². The molecule has 0 aliphatic heterocycles. The summed E-state index contributed by atoms with van der Waals surface area (Å²) in [5.74, 6) is 0.944. The summed E-state index contributed by atoms with van der Waals surface area (Å²) in [5.41, 5.74) is 0. The van der Waals surface area contributed by atoms with Gasteiger partial charge in [-0.2, -0.15) is 0 Å². The second-order valence-electron chi connectivity index (χ2n) is 11.4. The molecule has 0 bridgehead atoms. The monoisotopic (exact) mass is 495 g/mol. The molecular weight excluding hydrogens is 428 g/mol. The maximum absolute atomic E-state index is 11.9. The molecule has 0 fully saturated rings. The molecule has 0 heterocycles. The van der Waals surface area contributed by atoms with Gasteiger partial charge in [0.05, 0.1) is 6.61 Å². The van der Waals surface area contributed by atoms with E-state index in [-0.39, 0.29) is 5.97 Å². The lowest BCUT2D eigenvalue weighted by Gasteiger charge is -2.07. The number of rotatable bonds is 29. The Balaban J connectivity index is 3.16. The van der Waals surface area contributed by atoms with Gasteiger partial charge in [0, 0.05) is 6.42 Å². The minimum absolute atomic E-state index is 0.0252. The average Bonchev–Trinajstić information content (AvgIpc) is 2.86. The maximum atomic E-state index is 11.9. The van der Waals surface area contributed by atoms with E-state index in [1.807, 2.05) is 0 Å². The van der Waals surface area contributed by atoms with Gasteiger partial charge in [-0.15, -0.1) is 0 Å². The molecule has 0 aromatic rings. The number of hydrogen-bond donors (Lipinski definition) is 0. The fourth-order valence-corrected chi connectivity index (χ4v) is 4.94. The zero-order valence-corrected chi connectivity index (χ0v) is 24.7. The highest BCUT2D eigenvalue weighted by molar-refractivity contribution is 5.69. The molecule has 0 aliphatic rings. The van der Waals surface area contributed by atoms with Crippen LogP contribution in [-0.4, -0.2) is 12.6 Å². The Morgan fingerprint density at radius 3 is 1.31 bits per heavy atom. The van der Waals surface area contributed by atoms with Gasteiger partial charge in [0.1, 0.15) is 0 Å². The summed E-state index contributed by atoms with van der Waals surface area (Å²) >= 11 is 0. The second-order valence-corrected chi connectivity index (χ2v) is 11.4. The largest absolute Gasteiger partial charge is 0.466 e. The van der Waals surface area contributed by atoms with E-state index in [2.05, 4.69) is 20.8 Å². The van der Waals surface area contributed by atoms with Gasteiger partial charge in [-0.1, -0.05) is 175 Å². The zero-order valence-electron chi connectivity index (χ0n) is 24.7. The van der Waals surface area contributed by atoms with Crippen LogP contribution in [0.5, 0.6) is 0 Å². The quantitative estimate of drug-likeness (QED) is 0.0763. The van der Waals surface area contributed by atoms with E-state index >= 15 is 0 Å². The number of ether oxygens (including phenoxy) is 1. The van der Waals surface area contributed by atoms with Gasteiger partial charge in [0.2, 0.25) is 0 Å². The van der Waals surface area contributed by atoms with Crippen LogP contribution in [0.2, 0.25) is 0 Å². The van der Waals surface area contributed by atoms with Crippen LogP contribution in [0.4, 0.5) is 0 Å². The molecular formula is C33H66O2. The normalized spacial score (nSPS) is 12.2. The Hall–Kier alpha value is -0.530. The van der Waals surface area contributed by atoms with Crippen molar-refractivity contribution in [2.45, 2.75) is 194 Å². The Kier molecular flexibility index (Phi) is 29.2. The molecule has 1 atom stereocenters. The highest BCUT2D eigenvalue weighted by Crippen LogP contribution is 2.16. The van der Waals surface area contributed by atoms with Crippen LogP contribution in [-0.2, 0) is 9.53 Å². The third-order valence-electron chi connectivity index (χ3n) is 7.79. The molecule has 0 aliphatic carbocycles. The van der Waals surface area contributed by atoms with Gasteiger partial charge in [-0.3, -0.25) is 4.79 Å². The van der Waals surface area contributed by atoms with Crippen LogP contribution in [0, 0.1) is 5.92 Å². The minimum atomic E-state index is 0.0252. The van der Waals surface area contributed by atoms with Crippen molar-refractivity contribution in [3.05, 3.63) is 0 Å². The van der Waals surface area contributed by atoms with Crippen molar-refractivity contribution in [1.29, 1.82) is 0 Å². The van der Waals surface area contributed by atoms with Gasteiger partial charge >= 0.3 is 5.97 Å². The molecule has 2 nitrogen and oxygen atoms in total. The third-order valence-corrected chi connectivity index (χ3v) is 7.79. The number of carbonyl (C=O) groups excluding carboxylic acids is 1. The minimum Gasteiger partial charge on any atom is -0.466 e. The summed E-state index contributed by atoms with van der Waals surface area (Å²) in [7, 11) is 0. The van der Waals surface area contributed by atoms with Gasteiger partial charge in [0.25, 0.3) is 0 Å². The van der Waals surface area contributed by atoms with Crippen molar-refractivity contribution < 1.29 is 9.53 Å². The highest BCUT2D eigenvalue weighted by atomic mass is 16.5. The SMILES string of the molecule is CCCCCCCCCCCCCCCC(=O)OCCCCCCCCCCCCCC(C)CC. The predicted molar refractivity (Wildman–Crippen MR) is 156 cm³/mol. The standard InChI is InChI=1S/C33H66O2/c1-4-6-7-8-9-10-11-12-15-18-21-24-27-30-33(34)35-31-28-25-22-19-16-13-14-17-20-23-26-29-32(3)5-2/h32H,4-31H2,1-3H3. The summed E-state index contributed by atoms with van der Waals surface area (Å²) < 4.78 is 5.42. The van der Waals surface area contributed by atoms with E-state index in [0.717, 1.165) is 18.8 Å². The van der Waals surface area contributed by atoms with Gasteiger partial charge in [-0.05, 0) is 18.8 Å². The summed E-state index contributed by atoms with van der Waals surface area (Å²) in [4.78, 5) is 11.9. The lowest BCUT2D eigenvalue weighted by molar-refractivity contribution is -0.143. The smallest absolute Gasteiger partial charge is 0.305 e. The fourth-order valence-electron chi connectivity index (χ4n) is 4.94. The fraction of sp³-hybridized carbons (Fsp3) is 0.970. The van der Waals surface area contributed by atoms with Crippen molar-refractivity contribution >= 4 is 5.97 Å². The lowest BCUT2D eigenvalue weighted by atomic mass is 9.99. The van der Waals surface area contributed by atoms with Crippen LogP contribution in [0.15, 0.2) is 0 Å². The third kappa shape index (κ3) is 29.6. The van der Waals surface area contributed by atoms with E-state index in [1.165, 1.54) is 154 Å². The Morgan fingerprint density at radius 1 is 0.514 bits per heavy atom. The molecule has 0 radical (unpaired) electrons. The predicted octanol–water partition coefficient (Wildman–Crippen LogP) is 11.7. The molecule has 210 valence electrons. The Morgan fingerprint density at radius 2 is 0.886 bits per heavy atom. The summed E-state index contributed by atoms with van der Waals surface area (Å²) in [6.07, 6.45) is 35.7. The molecule has 2 heteroatoms. The summed E-state index contributed by atoms with van der Waals surface area (Å²) in [6.45, 7) is 7.60. The second kappa shape index (κ2) is 29.7.